The monoisotopic (exact) mass is 333 g/mol. The van der Waals surface area contributed by atoms with Gasteiger partial charge in [0, 0.05) is 24.9 Å². The molecule has 1 atom stereocenters. The third-order valence-corrected chi connectivity index (χ3v) is 3.85. The molecule has 0 saturated carbocycles. The van der Waals surface area contributed by atoms with E-state index in [2.05, 4.69) is 5.32 Å². The van der Waals surface area contributed by atoms with Crippen LogP contribution in [-0.2, 0) is 9.53 Å². The molecular weight excluding hydrogens is 314 g/mol. The van der Waals surface area contributed by atoms with E-state index in [1.54, 1.807) is 14.0 Å². The van der Waals surface area contributed by atoms with Gasteiger partial charge in [-0.15, -0.1) is 0 Å². The van der Waals surface area contributed by atoms with E-state index in [1.165, 1.54) is 29.2 Å². The molecule has 0 unspecified atom stereocenters. The van der Waals surface area contributed by atoms with E-state index in [0.29, 0.717) is 23.3 Å². The number of urea groups is 1. The number of benzene rings is 1. The van der Waals surface area contributed by atoms with Gasteiger partial charge in [-0.3, -0.25) is 10.1 Å². The van der Waals surface area contributed by atoms with Crippen molar-refractivity contribution < 1.29 is 19.2 Å². The average Bonchev–Trinajstić information content (AvgIpc) is 2.57. The molecule has 1 aromatic rings. The van der Waals surface area contributed by atoms with E-state index in [4.69, 9.17) is 4.74 Å². The van der Waals surface area contributed by atoms with Crippen LogP contribution in [0.4, 0.5) is 10.5 Å². The second-order valence-corrected chi connectivity index (χ2v) is 5.43. The summed E-state index contributed by atoms with van der Waals surface area (Å²) < 4.78 is 5.22. The molecule has 0 spiro atoms. The standard InChI is InChI=1S/C16H19N3O5/c1-4-9-24-15(20)13-10(2)18(3)16(21)17-14(13)11-5-7-12(8-6-11)19(22)23/h5-8,14H,4,9H2,1-3H3,(H,17,21)/t14-/m1/s1. The fourth-order valence-electron chi connectivity index (χ4n) is 2.41. The third-order valence-electron chi connectivity index (χ3n) is 3.85. The Bertz CT molecular complexity index is 696. The minimum Gasteiger partial charge on any atom is -0.462 e. The highest BCUT2D eigenvalue weighted by atomic mass is 16.6. The van der Waals surface area contributed by atoms with Crippen LogP contribution < -0.4 is 5.32 Å². The summed E-state index contributed by atoms with van der Waals surface area (Å²) in [7, 11) is 1.56. The summed E-state index contributed by atoms with van der Waals surface area (Å²) in [6.45, 7) is 3.83. The van der Waals surface area contributed by atoms with Gasteiger partial charge < -0.3 is 15.0 Å². The first kappa shape index (κ1) is 17.5. The van der Waals surface area contributed by atoms with Crippen molar-refractivity contribution >= 4 is 17.7 Å². The molecule has 0 bridgehead atoms. The van der Waals surface area contributed by atoms with Crippen molar-refractivity contribution in [2.75, 3.05) is 13.7 Å². The SMILES string of the molecule is CCCOC(=O)C1=C(C)N(C)C(=O)N[C@@H]1c1ccc([N+](=O)[O-])cc1. The number of amides is 2. The van der Waals surface area contributed by atoms with Crippen molar-refractivity contribution in [2.45, 2.75) is 26.3 Å². The molecule has 0 radical (unpaired) electrons. The Morgan fingerprint density at radius 2 is 2.00 bits per heavy atom. The van der Waals surface area contributed by atoms with Crippen molar-refractivity contribution in [2.24, 2.45) is 0 Å². The van der Waals surface area contributed by atoms with Crippen molar-refractivity contribution in [1.29, 1.82) is 0 Å². The number of allylic oxidation sites excluding steroid dienone is 1. The summed E-state index contributed by atoms with van der Waals surface area (Å²) in [5, 5.41) is 13.5. The maximum atomic E-state index is 12.4. The molecule has 24 heavy (non-hydrogen) atoms. The molecule has 128 valence electrons. The predicted molar refractivity (Wildman–Crippen MR) is 86.1 cm³/mol. The number of hydrogen-bond donors (Lipinski definition) is 1. The summed E-state index contributed by atoms with van der Waals surface area (Å²) in [5.74, 6) is -0.510. The highest BCUT2D eigenvalue weighted by Crippen LogP contribution is 2.31. The molecular formula is C16H19N3O5. The van der Waals surface area contributed by atoms with E-state index < -0.39 is 16.9 Å². The van der Waals surface area contributed by atoms with E-state index >= 15 is 0 Å². The molecule has 1 aliphatic rings. The quantitative estimate of drug-likeness (QED) is 0.507. The van der Waals surface area contributed by atoms with Crippen molar-refractivity contribution in [3.05, 3.63) is 51.2 Å². The highest BCUT2D eigenvalue weighted by molar-refractivity contribution is 5.95. The number of rotatable bonds is 5. The summed E-state index contributed by atoms with van der Waals surface area (Å²) in [5.41, 5.74) is 1.32. The molecule has 0 fully saturated rings. The predicted octanol–water partition coefficient (Wildman–Crippen LogP) is 2.52. The minimum atomic E-state index is -0.709. The van der Waals surface area contributed by atoms with E-state index in [9.17, 15) is 19.7 Å². The number of ether oxygens (including phenoxy) is 1. The van der Waals surface area contributed by atoms with Crippen LogP contribution in [0.5, 0.6) is 0 Å². The number of nitro benzene ring substituents is 1. The van der Waals surface area contributed by atoms with Gasteiger partial charge in [-0.25, -0.2) is 9.59 Å². The molecule has 0 saturated heterocycles. The number of esters is 1. The lowest BCUT2D eigenvalue weighted by atomic mass is 9.95. The van der Waals surface area contributed by atoms with E-state index in [1.807, 2.05) is 6.92 Å². The first-order valence-electron chi connectivity index (χ1n) is 7.53. The Labute approximate surface area is 139 Å². The Balaban J connectivity index is 2.42. The number of nitrogens with one attached hydrogen (secondary N) is 1. The van der Waals surface area contributed by atoms with Gasteiger partial charge in [-0.2, -0.15) is 0 Å². The van der Waals surface area contributed by atoms with E-state index in [0.717, 1.165) is 0 Å². The lowest BCUT2D eigenvalue weighted by molar-refractivity contribution is -0.384. The Morgan fingerprint density at radius 3 is 2.54 bits per heavy atom. The lowest BCUT2D eigenvalue weighted by Gasteiger charge is -2.33. The fraction of sp³-hybridized carbons (Fsp3) is 0.375. The van der Waals surface area contributed by atoms with Crippen LogP contribution in [0.2, 0.25) is 0 Å². The largest absolute Gasteiger partial charge is 0.462 e. The summed E-state index contributed by atoms with van der Waals surface area (Å²) >= 11 is 0. The fourth-order valence-corrected chi connectivity index (χ4v) is 2.41. The molecule has 0 aromatic heterocycles. The average molecular weight is 333 g/mol. The summed E-state index contributed by atoms with van der Waals surface area (Å²) in [4.78, 5) is 36.1. The molecule has 2 rings (SSSR count). The lowest BCUT2D eigenvalue weighted by Crippen LogP contribution is -2.46. The van der Waals surface area contributed by atoms with Gasteiger partial charge in [-0.1, -0.05) is 6.92 Å². The van der Waals surface area contributed by atoms with E-state index in [-0.39, 0.29) is 18.3 Å². The second kappa shape index (κ2) is 7.12. The highest BCUT2D eigenvalue weighted by Gasteiger charge is 2.35. The zero-order chi connectivity index (χ0) is 17.9. The molecule has 1 N–H and O–H groups in total. The van der Waals surface area contributed by atoms with Gasteiger partial charge >= 0.3 is 12.0 Å². The van der Waals surface area contributed by atoms with Gasteiger partial charge in [0.2, 0.25) is 0 Å². The number of hydrogen-bond acceptors (Lipinski definition) is 5. The second-order valence-electron chi connectivity index (χ2n) is 5.43. The van der Waals surface area contributed by atoms with Crippen LogP contribution in [0, 0.1) is 10.1 Å². The third kappa shape index (κ3) is 3.37. The van der Waals surface area contributed by atoms with Crippen molar-refractivity contribution in [3.8, 4) is 0 Å². The van der Waals surface area contributed by atoms with Crippen LogP contribution in [0.1, 0.15) is 31.9 Å². The first-order valence-corrected chi connectivity index (χ1v) is 7.53. The molecule has 1 heterocycles. The van der Waals surface area contributed by atoms with Crippen LogP contribution >= 0.6 is 0 Å². The summed E-state index contributed by atoms with van der Waals surface area (Å²) in [6.07, 6.45) is 0.683. The number of non-ortho nitro benzene ring substituents is 1. The molecule has 8 nitrogen and oxygen atoms in total. The molecule has 1 aromatic carbocycles. The zero-order valence-corrected chi connectivity index (χ0v) is 13.7. The van der Waals surface area contributed by atoms with Crippen molar-refractivity contribution in [1.82, 2.24) is 10.2 Å². The maximum Gasteiger partial charge on any atom is 0.338 e. The Morgan fingerprint density at radius 1 is 1.38 bits per heavy atom. The minimum absolute atomic E-state index is 0.0613. The van der Waals surface area contributed by atoms with Crippen LogP contribution in [-0.4, -0.2) is 35.5 Å². The van der Waals surface area contributed by atoms with Gasteiger partial charge in [0.05, 0.1) is 23.1 Å². The number of carbonyl (C=O) groups is 2. The molecule has 2 amide bonds. The first-order chi connectivity index (χ1) is 11.4. The molecule has 0 aliphatic carbocycles. The summed E-state index contributed by atoms with van der Waals surface area (Å²) in [6, 6.07) is 4.65. The van der Waals surface area contributed by atoms with Gasteiger partial charge in [0.25, 0.3) is 5.69 Å². The van der Waals surface area contributed by atoms with Crippen molar-refractivity contribution in [3.63, 3.8) is 0 Å². The number of nitrogens with zero attached hydrogens (tertiary/aromatic N) is 2. The van der Waals surface area contributed by atoms with Crippen LogP contribution in [0.25, 0.3) is 0 Å². The zero-order valence-electron chi connectivity index (χ0n) is 13.7. The molecule has 8 heteroatoms. The number of nitro groups is 1. The molecule has 1 aliphatic heterocycles. The van der Waals surface area contributed by atoms with Gasteiger partial charge in [0.15, 0.2) is 0 Å². The maximum absolute atomic E-state index is 12.4. The Kier molecular flexibility index (Phi) is 5.18. The number of carbonyl (C=O) groups excluding carboxylic acids is 2. The normalized spacial score (nSPS) is 17.5. The van der Waals surface area contributed by atoms with Gasteiger partial charge in [-0.05, 0) is 31.0 Å². The topological polar surface area (TPSA) is 102 Å². The van der Waals surface area contributed by atoms with Gasteiger partial charge in [0.1, 0.15) is 0 Å². The smallest absolute Gasteiger partial charge is 0.338 e. The Hall–Kier alpha value is -2.90. The van der Waals surface area contributed by atoms with Crippen LogP contribution in [0.15, 0.2) is 35.5 Å². The van der Waals surface area contributed by atoms with Crippen LogP contribution in [0.3, 0.4) is 0 Å².